The number of hydrogen-bond acceptors (Lipinski definition) is 2. The van der Waals surface area contributed by atoms with Crippen LogP contribution >= 0.6 is 0 Å². The fourth-order valence-corrected chi connectivity index (χ4v) is 1.54. The van der Waals surface area contributed by atoms with Crippen LogP contribution in [-0.2, 0) is 11.3 Å². The Morgan fingerprint density at radius 2 is 2.00 bits per heavy atom. The Labute approximate surface area is 98.8 Å². The van der Waals surface area contributed by atoms with Gasteiger partial charge in [0.1, 0.15) is 0 Å². The van der Waals surface area contributed by atoms with Crippen molar-refractivity contribution in [2.24, 2.45) is 11.7 Å². The summed E-state index contributed by atoms with van der Waals surface area (Å²) in [6.07, 6.45) is 1.11. The van der Waals surface area contributed by atoms with Gasteiger partial charge in [0, 0.05) is 6.04 Å². The largest absolute Gasteiger partial charge is 0.375 e. The summed E-state index contributed by atoms with van der Waals surface area (Å²) >= 11 is 0. The topological polar surface area (TPSA) is 35.2 Å². The second kappa shape index (κ2) is 6.66. The summed E-state index contributed by atoms with van der Waals surface area (Å²) in [6.45, 7) is 7.74. The van der Waals surface area contributed by atoms with Crippen LogP contribution in [0.4, 0.5) is 0 Å². The summed E-state index contributed by atoms with van der Waals surface area (Å²) in [5.74, 6) is 0.525. The number of ether oxygens (including phenoxy) is 1. The molecule has 0 aliphatic heterocycles. The van der Waals surface area contributed by atoms with E-state index in [1.807, 2.05) is 12.1 Å². The minimum atomic E-state index is 0.147. The number of hydrogen-bond donors (Lipinski definition) is 1. The monoisotopic (exact) mass is 221 g/mol. The van der Waals surface area contributed by atoms with Crippen LogP contribution < -0.4 is 5.73 Å². The highest BCUT2D eigenvalue weighted by molar-refractivity contribution is 5.24. The molecule has 2 heteroatoms. The van der Waals surface area contributed by atoms with Crippen molar-refractivity contribution in [2.45, 2.75) is 39.8 Å². The molecule has 2 N–H and O–H groups in total. The summed E-state index contributed by atoms with van der Waals surface area (Å²) in [5, 5.41) is 0. The molecule has 0 aromatic heterocycles. The van der Waals surface area contributed by atoms with Crippen LogP contribution in [0.1, 0.15) is 31.4 Å². The Balaban J connectivity index is 2.33. The highest BCUT2D eigenvalue weighted by Crippen LogP contribution is 2.10. The van der Waals surface area contributed by atoms with Crippen molar-refractivity contribution in [3.63, 3.8) is 0 Å². The molecule has 0 heterocycles. The molecule has 0 fully saturated rings. The fourth-order valence-electron chi connectivity index (χ4n) is 1.54. The molecule has 0 saturated heterocycles. The Hall–Kier alpha value is -0.860. The van der Waals surface area contributed by atoms with Crippen molar-refractivity contribution in [3.8, 4) is 0 Å². The maximum absolute atomic E-state index is 6.00. The molecule has 2 atom stereocenters. The molecule has 0 amide bonds. The normalized spacial score (nSPS) is 14.8. The zero-order valence-electron chi connectivity index (χ0n) is 10.6. The number of benzene rings is 1. The van der Waals surface area contributed by atoms with Gasteiger partial charge in [0.25, 0.3) is 0 Å². The molecule has 16 heavy (non-hydrogen) atoms. The van der Waals surface area contributed by atoms with Crippen LogP contribution in [0.2, 0.25) is 0 Å². The molecule has 90 valence electrons. The van der Waals surface area contributed by atoms with Crippen LogP contribution in [0.3, 0.4) is 0 Å². The fraction of sp³-hybridized carbons (Fsp3) is 0.571. The first-order valence-electron chi connectivity index (χ1n) is 6.03. The van der Waals surface area contributed by atoms with Crippen LogP contribution in [0.15, 0.2) is 24.3 Å². The zero-order chi connectivity index (χ0) is 12.0. The third-order valence-electron chi connectivity index (χ3n) is 3.20. The Morgan fingerprint density at radius 3 is 2.62 bits per heavy atom. The molecule has 1 rings (SSSR count). The molecular formula is C14H23NO. The van der Waals surface area contributed by atoms with Gasteiger partial charge >= 0.3 is 0 Å². The SMILES string of the molecule is CCC(C)[C@H](N)COCc1ccccc1C. The molecular weight excluding hydrogens is 198 g/mol. The lowest BCUT2D eigenvalue weighted by atomic mass is 10.0. The van der Waals surface area contributed by atoms with Crippen molar-refractivity contribution in [2.75, 3.05) is 6.61 Å². The van der Waals surface area contributed by atoms with Gasteiger partial charge in [0.05, 0.1) is 13.2 Å². The highest BCUT2D eigenvalue weighted by Gasteiger charge is 2.10. The second-order valence-corrected chi connectivity index (χ2v) is 4.49. The number of aryl methyl sites for hydroxylation is 1. The van der Waals surface area contributed by atoms with E-state index in [9.17, 15) is 0 Å². The van der Waals surface area contributed by atoms with Crippen molar-refractivity contribution < 1.29 is 4.74 Å². The maximum Gasteiger partial charge on any atom is 0.0720 e. The van der Waals surface area contributed by atoms with Gasteiger partial charge in [-0.2, -0.15) is 0 Å². The van der Waals surface area contributed by atoms with Crippen molar-refractivity contribution in [1.82, 2.24) is 0 Å². The second-order valence-electron chi connectivity index (χ2n) is 4.49. The van der Waals surface area contributed by atoms with Gasteiger partial charge in [0.15, 0.2) is 0 Å². The van der Waals surface area contributed by atoms with Crippen LogP contribution in [0.5, 0.6) is 0 Å². The van der Waals surface area contributed by atoms with Gasteiger partial charge in [0.2, 0.25) is 0 Å². The lowest BCUT2D eigenvalue weighted by molar-refractivity contribution is 0.0944. The first-order valence-corrected chi connectivity index (χ1v) is 6.03. The molecule has 0 spiro atoms. The first kappa shape index (κ1) is 13.2. The van der Waals surface area contributed by atoms with E-state index < -0.39 is 0 Å². The summed E-state index contributed by atoms with van der Waals surface area (Å²) in [7, 11) is 0. The quantitative estimate of drug-likeness (QED) is 0.801. The highest BCUT2D eigenvalue weighted by atomic mass is 16.5. The third-order valence-corrected chi connectivity index (χ3v) is 3.20. The molecule has 0 saturated carbocycles. The Morgan fingerprint density at radius 1 is 1.31 bits per heavy atom. The van der Waals surface area contributed by atoms with Gasteiger partial charge < -0.3 is 10.5 Å². The molecule has 0 radical (unpaired) electrons. The Bertz CT molecular complexity index is 311. The minimum absolute atomic E-state index is 0.147. The predicted octanol–water partition coefficient (Wildman–Crippen LogP) is 2.89. The predicted molar refractivity (Wildman–Crippen MR) is 68.3 cm³/mol. The average molecular weight is 221 g/mol. The van der Waals surface area contributed by atoms with Crippen LogP contribution in [0.25, 0.3) is 0 Å². The minimum Gasteiger partial charge on any atom is -0.375 e. The van der Waals surface area contributed by atoms with E-state index in [0.29, 0.717) is 19.1 Å². The van der Waals surface area contributed by atoms with E-state index in [-0.39, 0.29) is 6.04 Å². The van der Waals surface area contributed by atoms with E-state index >= 15 is 0 Å². The molecule has 0 aliphatic carbocycles. The van der Waals surface area contributed by atoms with Gasteiger partial charge in [-0.3, -0.25) is 0 Å². The summed E-state index contributed by atoms with van der Waals surface area (Å²) in [6, 6.07) is 8.44. The van der Waals surface area contributed by atoms with Crippen molar-refractivity contribution in [3.05, 3.63) is 35.4 Å². The maximum atomic E-state index is 6.00. The summed E-state index contributed by atoms with van der Waals surface area (Å²) < 4.78 is 5.66. The Kier molecular flexibility index (Phi) is 5.50. The van der Waals surface area contributed by atoms with E-state index in [4.69, 9.17) is 10.5 Å². The number of nitrogens with two attached hydrogens (primary N) is 1. The van der Waals surface area contributed by atoms with Gasteiger partial charge in [-0.15, -0.1) is 0 Å². The van der Waals surface area contributed by atoms with E-state index in [0.717, 1.165) is 6.42 Å². The van der Waals surface area contributed by atoms with Gasteiger partial charge in [-0.25, -0.2) is 0 Å². The van der Waals surface area contributed by atoms with Gasteiger partial charge in [-0.05, 0) is 24.0 Å². The average Bonchev–Trinajstić information content (AvgIpc) is 2.30. The van der Waals surface area contributed by atoms with Crippen LogP contribution in [0, 0.1) is 12.8 Å². The third kappa shape index (κ3) is 3.95. The molecule has 1 aromatic rings. The van der Waals surface area contributed by atoms with E-state index in [1.54, 1.807) is 0 Å². The zero-order valence-corrected chi connectivity index (χ0v) is 10.6. The standard InChI is InChI=1S/C14H23NO/c1-4-11(2)14(15)10-16-9-13-8-6-5-7-12(13)3/h5-8,11,14H,4,9-10,15H2,1-3H3/t11?,14-/m1/s1. The first-order chi connectivity index (χ1) is 7.65. The molecule has 1 aromatic carbocycles. The lowest BCUT2D eigenvalue weighted by Crippen LogP contribution is -2.32. The number of rotatable bonds is 6. The lowest BCUT2D eigenvalue weighted by Gasteiger charge is -2.18. The summed E-state index contributed by atoms with van der Waals surface area (Å²) in [4.78, 5) is 0. The van der Waals surface area contributed by atoms with Gasteiger partial charge in [-0.1, -0.05) is 44.5 Å². The van der Waals surface area contributed by atoms with E-state index in [2.05, 4.69) is 32.9 Å². The molecule has 0 bridgehead atoms. The smallest absolute Gasteiger partial charge is 0.0720 e. The van der Waals surface area contributed by atoms with Crippen molar-refractivity contribution >= 4 is 0 Å². The molecule has 1 unspecified atom stereocenters. The van der Waals surface area contributed by atoms with Crippen LogP contribution in [-0.4, -0.2) is 12.6 Å². The van der Waals surface area contributed by atoms with E-state index in [1.165, 1.54) is 11.1 Å². The summed E-state index contributed by atoms with van der Waals surface area (Å²) in [5.41, 5.74) is 8.53. The molecule has 0 aliphatic rings. The van der Waals surface area contributed by atoms with Crippen molar-refractivity contribution in [1.29, 1.82) is 0 Å². The molecule has 2 nitrogen and oxygen atoms in total.